The number of hydrogen-bond donors (Lipinski definition) is 2. The summed E-state index contributed by atoms with van der Waals surface area (Å²) in [5.41, 5.74) is 2.00. The highest BCUT2D eigenvalue weighted by Gasteiger charge is 1.98. The van der Waals surface area contributed by atoms with Gasteiger partial charge >= 0.3 is 0 Å². The van der Waals surface area contributed by atoms with E-state index >= 15 is 0 Å². The zero-order valence-corrected chi connectivity index (χ0v) is 21.3. The minimum atomic E-state index is -0.0576. The number of carbonyl (C=O) groups excluding carboxylic acids is 2. The van der Waals surface area contributed by atoms with Crippen LogP contribution >= 0.6 is 31.9 Å². The lowest BCUT2D eigenvalue weighted by molar-refractivity contribution is -0.117. The minimum absolute atomic E-state index is 0.0576. The van der Waals surface area contributed by atoms with E-state index in [0.29, 0.717) is 13.1 Å². The van der Waals surface area contributed by atoms with Gasteiger partial charge in [0.25, 0.3) is 0 Å². The van der Waals surface area contributed by atoms with Crippen LogP contribution in [0.1, 0.15) is 49.7 Å². The van der Waals surface area contributed by atoms with E-state index in [1.807, 2.05) is 60.7 Å². The fourth-order valence-electron chi connectivity index (χ4n) is 2.99. The van der Waals surface area contributed by atoms with E-state index in [1.165, 1.54) is 0 Å². The molecule has 0 bridgehead atoms. The SMILES string of the molecule is O=C(C=Cc1ccc(Br)cc1)NCCCCCCCCNC(=O)C=Cc1ccc(Br)cc1. The van der Waals surface area contributed by atoms with Crippen molar-refractivity contribution in [3.8, 4) is 0 Å². The lowest BCUT2D eigenvalue weighted by Gasteiger charge is -2.04. The van der Waals surface area contributed by atoms with Crippen molar-refractivity contribution < 1.29 is 9.59 Å². The monoisotopic (exact) mass is 560 g/mol. The first-order valence-electron chi connectivity index (χ1n) is 11.0. The summed E-state index contributed by atoms with van der Waals surface area (Å²) in [6, 6.07) is 15.6. The maximum atomic E-state index is 11.8. The smallest absolute Gasteiger partial charge is 0.243 e. The molecule has 0 saturated heterocycles. The first-order valence-corrected chi connectivity index (χ1v) is 12.5. The number of unbranched alkanes of at least 4 members (excludes halogenated alkanes) is 5. The Morgan fingerprint density at radius 2 is 0.938 bits per heavy atom. The number of carbonyl (C=O) groups is 2. The van der Waals surface area contributed by atoms with E-state index in [-0.39, 0.29) is 11.8 Å². The zero-order valence-electron chi connectivity index (χ0n) is 18.2. The highest BCUT2D eigenvalue weighted by molar-refractivity contribution is 9.10. The van der Waals surface area contributed by atoms with Gasteiger partial charge in [0.05, 0.1) is 0 Å². The van der Waals surface area contributed by atoms with Crippen molar-refractivity contribution in [3.05, 3.63) is 80.8 Å². The van der Waals surface area contributed by atoms with Gasteiger partial charge in [0, 0.05) is 34.2 Å². The second-order valence-electron chi connectivity index (χ2n) is 7.47. The van der Waals surface area contributed by atoms with Crippen LogP contribution in [0.2, 0.25) is 0 Å². The second-order valence-corrected chi connectivity index (χ2v) is 9.30. The van der Waals surface area contributed by atoms with E-state index in [2.05, 4.69) is 42.5 Å². The summed E-state index contributed by atoms with van der Waals surface area (Å²) in [6.45, 7) is 1.40. The van der Waals surface area contributed by atoms with Gasteiger partial charge in [-0.25, -0.2) is 0 Å². The van der Waals surface area contributed by atoms with Crippen LogP contribution < -0.4 is 10.6 Å². The number of rotatable bonds is 13. The molecule has 0 aliphatic heterocycles. The van der Waals surface area contributed by atoms with Crippen molar-refractivity contribution in [3.63, 3.8) is 0 Å². The average Bonchev–Trinajstić information content (AvgIpc) is 2.79. The Bertz CT molecular complexity index is 816. The Morgan fingerprint density at radius 3 is 1.31 bits per heavy atom. The van der Waals surface area contributed by atoms with Crippen LogP contribution in [0.5, 0.6) is 0 Å². The molecule has 2 aromatic rings. The Balaban J connectivity index is 1.42. The van der Waals surface area contributed by atoms with Crippen molar-refractivity contribution in [2.75, 3.05) is 13.1 Å². The Hall–Kier alpha value is -2.18. The van der Waals surface area contributed by atoms with Crippen molar-refractivity contribution in [2.24, 2.45) is 0 Å². The largest absolute Gasteiger partial charge is 0.353 e. The molecule has 4 nitrogen and oxygen atoms in total. The normalized spacial score (nSPS) is 11.2. The van der Waals surface area contributed by atoms with Gasteiger partial charge in [0.2, 0.25) is 11.8 Å². The number of nitrogens with one attached hydrogen (secondary N) is 2. The van der Waals surface area contributed by atoms with Gasteiger partial charge in [-0.15, -0.1) is 0 Å². The molecule has 2 aromatic carbocycles. The predicted octanol–water partition coefficient (Wildman–Crippen LogP) is 6.51. The third kappa shape index (κ3) is 12.0. The third-order valence-corrected chi connectivity index (χ3v) is 5.85. The molecule has 0 saturated carbocycles. The van der Waals surface area contributed by atoms with Crippen molar-refractivity contribution in [1.29, 1.82) is 0 Å². The number of halogens is 2. The summed E-state index contributed by atoms with van der Waals surface area (Å²) < 4.78 is 2.04. The van der Waals surface area contributed by atoms with E-state index in [4.69, 9.17) is 0 Å². The number of hydrogen-bond acceptors (Lipinski definition) is 2. The number of benzene rings is 2. The third-order valence-electron chi connectivity index (χ3n) is 4.80. The molecule has 6 heteroatoms. The van der Waals surface area contributed by atoms with Crippen molar-refractivity contribution in [1.82, 2.24) is 10.6 Å². The fourth-order valence-corrected chi connectivity index (χ4v) is 3.52. The lowest BCUT2D eigenvalue weighted by atomic mass is 10.1. The average molecular weight is 562 g/mol. The van der Waals surface area contributed by atoms with E-state index in [0.717, 1.165) is 58.6 Å². The maximum absolute atomic E-state index is 11.8. The van der Waals surface area contributed by atoms with Crippen LogP contribution in [0.3, 0.4) is 0 Å². The molecule has 0 heterocycles. The standard InChI is InChI=1S/C26H30Br2N2O2/c27-23-13-7-21(8-14-23)11-17-25(31)29-19-5-3-1-2-4-6-20-30-26(32)18-12-22-9-15-24(28)16-10-22/h7-18H,1-6,19-20H2,(H,29,31)(H,30,32). The molecule has 0 unspecified atom stereocenters. The number of amides is 2. The Kier molecular flexibility index (Phi) is 12.7. The summed E-state index contributed by atoms with van der Waals surface area (Å²) in [5.74, 6) is -0.115. The van der Waals surface area contributed by atoms with Crippen molar-refractivity contribution >= 4 is 55.8 Å². The molecule has 0 fully saturated rings. The van der Waals surface area contributed by atoms with Gasteiger partial charge in [-0.05, 0) is 60.4 Å². The first-order chi connectivity index (χ1) is 15.5. The molecule has 32 heavy (non-hydrogen) atoms. The van der Waals surface area contributed by atoms with E-state index in [9.17, 15) is 9.59 Å². The van der Waals surface area contributed by atoms with Crippen LogP contribution in [0.25, 0.3) is 12.2 Å². The molecule has 0 aromatic heterocycles. The molecule has 0 spiro atoms. The molecule has 2 N–H and O–H groups in total. The van der Waals surface area contributed by atoms with Crippen LogP contribution in [0.15, 0.2) is 69.6 Å². The van der Waals surface area contributed by atoms with E-state index in [1.54, 1.807) is 12.2 Å². The van der Waals surface area contributed by atoms with Gasteiger partial charge in [-0.1, -0.05) is 81.8 Å². The quantitative estimate of drug-likeness (QED) is 0.216. The van der Waals surface area contributed by atoms with Crippen LogP contribution in [-0.2, 0) is 9.59 Å². The molecule has 170 valence electrons. The molecular weight excluding hydrogens is 532 g/mol. The molecule has 2 rings (SSSR count). The lowest BCUT2D eigenvalue weighted by Crippen LogP contribution is -2.22. The minimum Gasteiger partial charge on any atom is -0.353 e. The zero-order chi connectivity index (χ0) is 23.0. The summed E-state index contributed by atoms with van der Waals surface area (Å²) in [6.07, 6.45) is 13.2. The van der Waals surface area contributed by atoms with Crippen LogP contribution in [-0.4, -0.2) is 24.9 Å². The highest BCUT2D eigenvalue weighted by Crippen LogP contribution is 2.12. The van der Waals surface area contributed by atoms with Crippen LogP contribution in [0, 0.1) is 0 Å². The maximum Gasteiger partial charge on any atom is 0.243 e. The molecular formula is C26H30Br2N2O2. The summed E-state index contributed by atoms with van der Waals surface area (Å²) >= 11 is 6.79. The predicted molar refractivity (Wildman–Crippen MR) is 140 cm³/mol. The van der Waals surface area contributed by atoms with Crippen molar-refractivity contribution in [2.45, 2.75) is 38.5 Å². The molecule has 0 radical (unpaired) electrons. The summed E-state index contributed by atoms with van der Waals surface area (Å²) in [4.78, 5) is 23.7. The summed E-state index contributed by atoms with van der Waals surface area (Å²) in [5, 5.41) is 5.85. The van der Waals surface area contributed by atoms with E-state index < -0.39 is 0 Å². The Labute approximate surface area is 207 Å². The highest BCUT2D eigenvalue weighted by atomic mass is 79.9. The van der Waals surface area contributed by atoms with Gasteiger partial charge in [-0.2, -0.15) is 0 Å². The van der Waals surface area contributed by atoms with Crippen LogP contribution in [0.4, 0.5) is 0 Å². The first kappa shape index (κ1) is 26.1. The molecule has 2 amide bonds. The Morgan fingerprint density at radius 1 is 0.594 bits per heavy atom. The molecule has 0 atom stereocenters. The summed E-state index contributed by atoms with van der Waals surface area (Å²) in [7, 11) is 0. The van der Waals surface area contributed by atoms with Gasteiger partial charge in [0.1, 0.15) is 0 Å². The fraction of sp³-hybridized carbons (Fsp3) is 0.308. The molecule has 0 aliphatic carbocycles. The van der Waals surface area contributed by atoms with Gasteiger partial charge in [-0.3, -0.25) is 9.59 Å². The molecule has 0 aliphatic rings. The topological polar surface area (TPSA) is 58.2 Å². The van der Waals surface area contributed by atoms with Gasteiger partial charge in [0.15, 0.2) is 0 Å². The van der Waals surface area contributed by atoms with Gasteiger partial charge < -0.3 is 10.6 Å². The second kappa shape index (κ2) is 15.6.